The number of hydrogen-bond acceptors (Lipinski definition) is 1. The van der Waals surface area contributed by atoms with Gasteiger partial charge in [0.05, 0.1) is 5.69 Å². The van der Waals surface area contributed by atoms with E-state index in [0.717, 1.165) is 0 Å². The van der Waals surface area contributed by atoms with Crippen LogP contribution in [0.4, 0.5) is 18.9 Å². The Morgan fingerprint density at radius 2 is 1.75 bits per heavy atom. The van der Waals surface area contributed by atoms with E-state index >= 15 is 0 Å². The molecule has 0 bridgehead atoms. The summed E-state index contributed by atoms with van der Waals surface area (Å²) in [6.45, 7) is 4.00. The lowest BCUT2D eigenvalue weighted by Gasteiger charge is -2.08. The number of carbonyl (C=O) groups is 1. The standard InChI is InChI=1S/C8H5F3INO.C2H6/c9-8(10,11)7(14)13-6-4-2-1-3-5(6)12;1-2/h1-4H,(H,13,14);1-2H3. The van der Waals surface area contributed by atoms with Gasteiger partial charge in [-0.2, -0.15) is 13.2 Å². The molecule has 1 aromatic carbocycles. The lowest BCUT2D eigenvalue weighted by molar-refractivity contribution is -0.167. The first-order valence-corrected chi connectivity index (χ1v) is 5.62. The van der Waals surface area contributed by atoms with E-state index in [-0.39, 0.29) is 5.69 Å². The molecule has 0 fully saturated rings. The van der Waals surface area contributed by atoms with Crippen molar-refractivity contribution in [2.75, 3.05) is 5.32 Å². The largest absolute Gasteiger partial charge is 0.471 e. The van der Waals surface area contributed by atoms with Crippen molar-refractivity contribution in [3.63, 3.8) is 0 Å². The highest BCUT2D eigenvalue weighted by Crippen LogP contribution is 2.21. The van der Waals surface area contributed by atoms with Gasteiger partial charge in [-0.15, -0.1) is 0 Å². The fraction of sp³-hybridized carbons (Fsp3) is 0.300. The fourth-order valence-corrected chi connectivity index (χ4v) is 1.28. The summed E-state index contributed by atoms with van der Waals surface area (Å²) in [5.74, 6) is -1.96. The van der Waals surface area contributed by atoms with Crippen LogP contribution in [0.1, 0.15) is 13.8 Å². The van der Waals surface area contributed by atoms with Crippen molar-refractivity contribution in [2.45, 2.75) is 20.0 Å². The van der Waals surface area contributed by atoms with Crippen molar-refractivity contribution in [1.82, 2.24) is 0 Å². The quantitative estimate of drug-likeness (QED) is 0.771. The maximum Gasteiger partial charge on any atom is 0.471 e. The Labute approximate surface area is 105 Å². The second-order valence-corrected chi connectivity index (χ2v) is 3.59. The average molecular weight is 345 g/mol. The second kappa shape index (κ2) is 6.72. The number of halogens is 4. The van der Waals surface area contributed by atoms with Crippen LogP contribution in [0.5, 0.6) is 0 Å². The first kappa shape index (κ1) is 15.2. The number of anilines is 1. The van der Waals surface area contributed by atoms with Crippen LogP contribution >= 0.6 is 22.6 Å². The monoisotopic (exact) mass is 345 g/mol. The maximum absolute atomic E-state index is 11.9. The molecule has 0 spiro atoms. The summed E-state index contributed by atoms with van der Waals surface area (Å²) in [5, 5.41) is 1.78. The zero-order valence-corrected chi connectivity index (χ0v) is 10.9. The normalized spacial score (nSPS) is 10.1. The van der Waals surface area contributed by atoms with Crippen LogP contribution in [-0.4, -0.2) is 12.1 Å². The lowest BCUT2D eigenvalue weighted by atomic mass is 10.3. The van der Waals surface area contributed by atoms with Crippen LogP contribution in [0.15, 0.2) is 24.3 Å². The third-order valence-electron chi connectivity index (χ3n) is 1.38. The molecule has 0 unspecified atom stereocenters. The molecule has 0 aliphatic heterocycles. The van der Waals surface area contributed by atoms with Crippen molar-refractivity contribution >= 4 is 34.2 Å². The Balaban J connectivity index is 0.00000106. The smallest absolute Gasteiger partial charge is 0.317 e. The molecule has 0 aliphatic rings. The number of amides is 1. The SMILES string of the molecule is CC.O=C(Nc1ccccc1I)C(F)(F)F. The molecule has 16 heavy (non-hydrogen) atoms. The van der Waals surface area contributed by atoms with Crippen molar-refractivity contribution < 1.29 is 18.0 Å². The molecule has 1 aromatic rings. The summed E-state index contributed by atoms with van der Waals surface area (Å²) < 4.78 is 36.1. The minimum Gasteiger partial charge on any atom is -0.317 e. The zero-order valence-electron chi connectivity index (χ0n) is 8.73. The summed E-state index contributed by atoms with van der Waals surface area (Å²) in [7, 11) is 0. The highest BCUT2D eigenvalue weighted by atomic mass is 127. The van der Waals surface area contributed by atoms with E-state index in [1.54, 1.807) is 23.5 Å². The molecule has 1 N–H and O–H groups in total. The second-order valence-electron chi connectivity index (χ2n) is 2.43. The summed E-state index contributed by atoms with van der Waals surface area (Å²) >= 11 is 1.84. The molecular formula is C10H11F3INO. The zero-order chi connectivity index (χ0) is 12.8. The van der Waals surface area contributed by atoms with E-state index in [9.17, 15) is 18.0 Å². The maximum atomic E-state index is 11.9. The Morgan fingerprint density at radius 3 is 2.19 bits per heavy atom. The molecule has 2 nitrogen and oxygen atoms in total. The van der Waals surface area contributed by atoms with Crippen LogP contribution < -0.4 is 5.32 Å². The molecule has 90 valence electrons. The van der Waals surface area contributed by atoms with Crippen LogP contribution in [0.2, 0.25) is 0 Å². The number of rotatable bonds is 1. The molecule has 0 aliphatic carbocycles. The van der Waals surface area contributed by atoms with Gasteiger partial charge in [-0.25, -0.2) is 0 Å². The van der Waals surface area contributed by atoms with Gasteiger partial charge in [0, 0.05) is 3.57 Å². The minimum absolute atomic E-state index is 0.162. The Morgan fingerprint density at radius 1 is 1.25 bits per heavy atom. The number of nitrogens with one attached hydrogen (secondary N) is 1. The molecule has 1 amide bonds. The Kier molecular flexibility index (Phi) is 6.39. The summed E-state index contributed by atoms with van der Waals surface area (Å²) in [4.78, 5) is 10.5. The van der Waals surface area contributed by atoms with Crippen molar-refractivity contribution in [1.29, 1.82) is 0 Å². The molecular weight excluding hydrogens is 334 g/mol. The van der Waals surface area contributed by atoms with E-state index < -0.39 is 12.1 Å². The fourth-order valence-electron chi connectivity index (χ4n) is 0.756. The van der Waals surface area contributed by atoms with Gasteiger partial charge in [0.1, 0.15) is 0 Å². The summed E-state index contributed by atoms with van der Waals surface area (Å²) in [6, 6.07) is 6.23. The number of alkyl halides is 3. The predicted molar refractivity (Wildman–Crippen MR) is 65.2 cm³/mol. The van der Waals surface area contributed by atoms with E-state index in [2.05, 4.69) is 0 Å². The predicted octanol–water partition coefficient (Wildman–Crippen LogP) is 3.82. The van der Waals surface area contributed by atoms with E-state index in [1.165, 1.54) is 6.07 Å². The van der Waals surface area contributed by atoms with Gasteiger partial charge in [0.2, 0.25) is 0 Å². The van der Waals surface area contributed by atoms with Crippen LogP contribution in [-0.2, 0) is 4.79 Å². The summed E-state index contributed by atoms with van der Waals surface area (Å²) in [6.07, 6.45) is -4.85. The molecule has 1 rings (SSSR count). The van der Waals surface area contributed by atoms with Gasteiger partial charge in [-0.05, 0) is 34.7 Å². The van der Waals surface area contributed by atoms with E-state index in [0.29, 0.717) is 3.57 Å². The third kappa shape index (κ3) is 4.82. The number of para-hydroxylation sites is 1. The molecule has 0 heterocycles. The molecule has 0 saturated carbocycles. The van der Waals surface area contributed by atoms with Gasteiger partial charge < -0.3 is 5.32 Å². The topological polar surface area (TPSA) is 29.1 Å². The summed E-state index contributed by atoms with van der Waals surface area (Å²) in [5.41, 5.74) is 0.162. The van der Waals surface area contributed by atoms with Gasteiger partial charge in [-0.3, -0.25) is 4.79 Å². The van der Waals surface area contributed by atoms with Gasteiger partial charge in [-0.1, -0.05) is 26.0 Å². The van der Waals surface area contributed by atoms with E-state index in [1.807, 2.05) is 36.4 Å². The van der Waals surface area contributed by atoms with Crippen molar-refractivity contribution in [2.24, 2.45) is 0 Å². The Bertz CT molecular complexity index is 352. The van der Waals surface area contributed by atoms with Crippen molar-refractivity contribution in [3.8, 4) is 0 Å². The first-order valence-electron chi connectivity index (χ1n) is 4.54. The third-order valence-corrected chi connectivity index (χ3v) is 2.32. The molecule has 0 atom stereocenters. The van der Waals surface area contributed by atoms with Crippen molar-refractivity contribution in [3.05, 3.63) is 27.8 Å². The highest BCUT2D eigenvalue weighted by Gasteiger charge is 2.38. The van der Waals surface area contributed by atoms with Crippen LogP contribution in [0.25, 0.3) is 0 Å². The van der Waals surface area contributed by atoms with Crippen LogP contribution in [0.3, 0.4) is 0 Å². The molecule has 0 aromatic heterocycles. The molecule has 0 radical (unpaired) electrons. The average Bonchev–Trinajstić information content (AvgIpc) is 2.23. The molecule has 0 saturated heterocycles. The van der Waals surface area contributed by atoms with Gasteiger partial charge >= 0.3 is 12.1 Å². The Hall–Kier alpha value is -0.790. The lowest BCUT2D eigenvalue weighted by Crippen LogP contribution is -2.30. The number of carbonyl (C=O) groups excluding carboxylic acids is 1. The number of hydrogen-bond donors (Lipinski definition) is 1. The number of benzene rings is 1. The van der Waals surface area contributed by atoms with Crippen LogP contribution in [0, 0.1) is 3.57 Å². The van der Waals surface area contributed by atoms with Gasteiger partial charge in [0.25, 0.3) is 0 Å². The highest BCUT2D eigenvalue weighted by molar-refractivity contribution is 14.1. The minimum atomic E-state index is -4.85. The first-order chi connectivity index (χ1) is 7.41. The van der Waals surface area contributed by atoms with Gasteiger partial charge in [0.15, 0.2) is 0 Å². The van der Waals surface area contributed by atoms with E-state index in [4.69, 9.17) is 0 Å². The molecule has 6 heteroatoms.